The van der Waals surface area contributed by atoms with Crippen LogP contribution < -0.4 is 0 Å². The summed E-state index contributed by atoms with van der Waals surface area (Å²) in [5, 5.41) is 4.10. The van der Waals surface area contributed by atoms with Crippen LogP contribution in [0.15, 0.2) is 30.9 Å². The van der Waals surface area contributed by atoms with Gasteiger partial charge in [-0.2, -0.15) is 0 Å². The van der Waals surface area contributed by atoms with Crippen LogP contribution in [-0.2, 0) is 18.4 Å². The second-order valence-electron chi connectivity index (χ2n) is 7.10. The van der Waals surface area contributed by atoms with Crippen LogP contribution in [0.4, 0.5) is 0 Å². The molecule has 0 bridgehead atoms. The first-order chi connectivity index (χ1) is 12.6. The number of hydrogen-bond acceptors (Lipinski definition) is 5. The molecule has 26 heavy (non-hydrogen) atoms. The molecule has 136 valence electrons. The first kappa shape index (κ1) is 16.7. The highest BCUT2D eigenvalue weighted by molar-refractivity contribution is 5.90. The van der Waals surface area contributed by atoms with Gasteiger partial charge >= 0.3 is 0 Å². The molecule has 0 aromatic carbocycles. The van der Waals surface area contributed by atoms with E-state index in [0.29, 0.717) is 26.1 Å². The van der Waals surface area contributed by atoms with Gasteiger partial charge in [0.15, 0.2) is 0 Å². The minimum atomic E-state index is -0.152. The van der Waals surface area contributed by atoms with Crippen LogP contribution in [0.5, 0.6) is 0 Å². The van der Waals surface area contributed by atoms with Gasteiger partial charge in [0.2, 0.25) is 11.7 Å². The van der Waals surface area contributed by atoms with E-state index in [9.17, 15) is 9.59 Å². The Morgan fingerprint density at radius 2 is 2.08 bits per heavy atom. The Bertz CT molecular complexity index is 810. The van der Waals surface area contributed by atoms with Crippen molar-refractivity contribution < 1.29 is 9.59 Å². The molecule has 2 amide bonds. The van der Waals surface area contributed by atoms with Crippen LogP contribution in [0.3, 0.4) is 0 Å². The third-order valence-electron chi connectivity index (χ3n) is 5.51. The summed E-state index contributed by atoms with van der Waals surface area (Å²) in [4.78, 5) is 37.0. The Balaban J connectivity index is 1.46. The van der Waals surface area contributed by atoms with Crippen molar-refractivity contribution in [3.05, 3.63) is 42.2 Å². The number of carbonyl (C=O) groups excluding carboxylic acids is 2. The molecule has 2 fully saturated rings. The van der Waals surface area contributed by atoms with Gasteiger partial charge in [0.1, 0.15) is 6.33 Å². The number of piperidine rings is 1. The zero-order valence-corrected chi connectivity index (χ0v) is 14.8. The van der Waals surface area contributed by atoms with Gasteiger partial charge in [-0.1, -0.05) is 6.07 Å². The highest BCUT2D eigenvalue weighted by Crippen LogP contribution is 2.40. The van der Waals surface area contributed by atoms with E-state index >= 15 is 0 Å². The Labute approximate surface area is 151 Å². The largest absolute Gasteiger partial charge is 0.336 e. The topological polar surface area (TPSA) is 84.2 Å². The lowest BCUT2D eigenvalue weighted by Gasteiger charge is -2.44. The Morgan fingerprint density at radius 3 is 2.73 bits per heavy atom. The standard InChI is InChI=1S/C18H22N6O2/c1-22-13-20-16(21-22)17(26)23-9-6-18(7-10-23)5-4-15(25)24(18)12-14-3-2-8-19-11-14/h2-3,8,11,13H,4-7,9-10,12H2,1H3. The Kier molecular flexibility index (Phi) is 4.18. The molecule has 2 aromatic heterocycles. The summed E-state index contributed by atoms with van der Waals surface area (Å²) in [6.07, 6.45) is 8.09. The van der Waals surface area contributed by atoms with Crippen molar-refractivity contribution in [3.63, 3.8) is 0 Å². The van der Waals surface area contributed by atoms with E-state index in [2.05, 4.69) is 15.1 Å². The number of aromatic nitrogens is 4. The van der Waals surface area contributed by atoms with Crippen LogP contribution in [0.1, 0.15) is 41.9 Å². The van der Waals surface area contributed by atoms with Gasteiger partial charge in [-0.25, -0.2) is 4.98 Å². The van der Waals surface area contributed by atoms with Gasteiger partial charge in [0.05, 0.1) is 0 Å². The summed E-state index contributed by atoms with van der Waals surface area (Å²) >= 11 is 0. The first-order valence-corrected chi connectivity index (χ1v) is 8.92. The third-order valence-corrected chi connectivity index (χ3v) is 5.51. The molecule has 0 radical (unpaired) electrons. The maximum Gasteiger partial charge on any atom is 0.293 e. The van der Waals surface area contributed by atoms with Crippen LogP contribution in [0, 0.1) is 0 Å². The van der Waals surface area contributed by atoms with Gasteiger partial charge in [-0.05, 0) is 30.9 Å². The summed E-state index contributed by atoms with van der Waals surface area (Å²) in [6, 6.07) is 3.89. The van der Waals surface area contributed by atoms with Gasteiger partial charge in [0, 0.05) is 51.0 Å². The van der Waals surface area contributed by atoms with E-state index in [1.807, 2.05) is 23.2 Å². The molecule has 4 heterocycles. The number of aryl methyl sites for hydroxylation is 1. The van der Waals surface area contributed by atoms with Gasteiger partial charge in [-0.15, -0.1) is 5.10 Å². The van der Waals surface area contributed by atoms with Gasteiger partial charge in [-0.3, -0.25) is 19.3 Å². The number of nitrogens with zero attached hydrogens (tertiary/aromatic N) is 6. The van der Waals surface area contributed by atoms with Gasteiger partial charge in [0.25, 0.3) is 5.91 Å². The molecule has 2 aliphatic rings. The Morgan fingerprint density at radius 1 is 1.27 bits per heavy atom. The summed E-state index contributed by atoms with van der Waals surface area (Å²) in [5.74, 6) is 0.293. The summed E-state index contributed by atoms with van der Waals surface area (Å²) < 4.78 is 1.53. The highest BCUT2D eigenvalue weighted by atomic mass is 16.2. The van der Waals surface area contributed by atoms with E-state index < -0.39 is 0 Å². The zero-order valence-electron chi connectivity index (χ0n) is 14.8. The molecule has 0 aliphatic carbocycles. The smallest absolute Gasteiger partial charge is 0.293 e. The normalized spacial score (nSPS) is 19.3. The van der Waals surface area contributed by atoms with Crippen molar-refractivity contribution in [2.24, 2.45) is 7.05 Å². The van der Waals surface area contributed by atoms with Crippen molar-refractivity contribution in [2.45, 2.75) is 37.8 Å². The number of rotatable bonds is 3. The number of pyridine rings is 1. The molecule has 1 spiro atoms. The molecule has 0 N–H and O–H groups in total. The fourth-order valence-corrected chi connectivity index (χ4v) is 4.03. The molecule has 4 rings (SSSR count). The predicted octanol–water partition coefficient (Wildman–Crippen LogP) is 1.01. The van der Waals surface area contributed by atoms with Crippen LogP contribution >= 0.6 is 0 Å². The second kappa shape index (κ2) is 6.51. The molecule has 2 aromatic rings. The minimum Gasteiger partial charge on any atom is -0.336 e. The van der Waals surface area contributed by atoms with E-state index in [4.69, 9.17) is 0 Å². The van der Waals surface area contributed by atoms with E-state index in [0.717, 1.165) is 24.8 Å². The lowest BCUT2D eigenvalue weighted by atomic mass is 9.84. The maximum absolute atomic E-state index is 12.6. The highest BCUT2D eigenvalue weighted by Gasteiger charge is 2.47. The third kappa shape index (κ3) is 2.95. The Hall–Kier alpha value is -2.77. The predicted molar refractivity (Wildman–Crippen MR) is 92.9 cm³/mol. The van der Waals surface area contributed by atoms with E-state index in [1.54, 1.807) is 18.1 Å². The minimum absolute atomic E-state index is 0.136. The number of hydrogen-bond donors (Lipinski definition) is 0. The summed E-state index contributed by atoms with van der Waals surface area (Å²) in [5.41, 5.74) is 0.889. The second-order valence-corrected chi connectivity index (χ2v) is 7.10. The fraction of sp³-hybridized carbons (Fsp3) is 0.500. The first-order valence-electron chi connectivity index (χ1n) is 8.92. The molecular weight excluding hydrogens is 332 g/mol. The summed E-state index contributed by atoms with van der Waals surface area (Å²) in [7, 11) is 1.75. The number of carbonyl (C=O) groups is 2. The molecule has 2 saturated heterocycles. The molecule has 2 aliphatic heterocycles. The number of likely N-dealkylation sites (tertiary alicyclic amines) is 2. The molecule has 8 nitrogen and oxygen atoms in total. The monoisotopic (exact) mass is 354 g/mol. The van der Waals surface area contributed by atoms with Crippen molar-refractivity contribution in [1.82, 2.24) is 29.5 Å². The molecule has 0 unspecified atom stereocenters. The quantitative estimate of drug-likeness (QED) is 0.821. The molecule has 0 saturated carbocycles. The van der Waals surface area contributed by atoms with Crippen LogP contribution in [0.2, 0.25) is 0 Å². The van der Waals surface area contributed by atoms with Crippen molar-refractivity contribution in [2.75, 3.05) is 13.1 Å². The van der Waals surface area contributed by atoms with Crippen LogP contribution in [0.25, 0.3) is 0 Å². The van der Waals surface area contributed by atoms with E-state index in [1.165, 1.54) is 11.0 Å². The van der Waals surface area contributed by atoms with Crippen molar-refractivity contribution >= 4 is 11.8 Å². The van der Waals surface area contributed by atoms with Crippen molar-refractivity contribution in [3.8, 4) is 0 Å². The zero-order chi connectivity index (χ0) is 18.1. The lowest BCUT2D eigenvalue weighted by Crippen LogP contribution is -2.54. The lowest BCUT2D eigenvalue weighted by molar-refractivity contribution is -0.133. The van der Waals surface area contributed by atoms with Gasteiger partial charge < -0.3 is 9.80 Å². The average Bonchev–Trinajstić information content (AvgIpc) is 3.22. The average molecular weight is 354 g/mol. The fourth-order valence-electron chi connectivity index (χ4n) is 4.03. The SMILES string of the molecule is Cn1cnc(C(=O)N2CCC3(CCC(=O)N3Cc3cccnc3)CC2)n1. The van der Waals surface area contributed by atoms with Crippen molar-refractivity contribution in [1.29, 1.82) is 0 Å². The summed E-state index contributed by atoms with van der Waals surface area (Å²) in [6.45, 7) is 1.82. The molecular formula is C18H22N6O2. The molecule has 8 heteroatoms. The maximum atomic E-state index is 12.6. The number of amides is 2. The van der Waals surface area contributed by atoms with E-state index in [-0.39, 0.29) is 23.2 Å². The molecule has 0 atom stereocenters. The van der Waals surface area contributed by atoms with Crippen LogP contribution in [-0.4, -0.2) is 60.0 Å².